The van der Waals surface area contributed by atoms with E-state index in [1.807, 2.05) is 55.4 Å². The topological polar surface area (TPSA) is 58.2 Å². The fourth-order valence-electron chi connectivity index (χ4n) is 2.56. The predicted molar refractivity (Wildman–Crippen MR) is 81.2 cm³/mol. The van der Waals surface area contributed by atoms with Gasteiger partial charge >= 0.3 is 0 Å². The Labute approximate surface area is 123 Å². The SMILES string of the molecule is CC(C)(C)NC(=O)C1(C)CCC1(C)C(=O)NC(C)(C)C. The number of carbonyl (C=O) groups is 2. The van der Waals surface area contributed by atoms with Gasteiger partial charge in [-0.25, -0.2) is 0 Å². The maximum atomic E-state index is 12.6. The molecule has 0 saturated heterocycles. The van der Waals surface area contributed by atoms with Crippen LogP contribution in [0, 0.1) is 10.8 Å². The van der Waals surface area contributed by atoms with Crippen LogP contribution in [0.2, 0.25) is 0 Å². The lowest BCUT2D eigenvalue weighted by atomic mass is 9.50. The van der Waals surface area contributed by atoms with Crippen molar-refractivity contribution in [3.05, 3.63) is 0 Å². The van der Waals surface area contributed by atoms with Gasteiger partial charge in [0.05, 0.1) is 10.8 Å². The molecule has 0 bridgehead atoms. The quantitative estimate of drug-likeness (QED) is 0.818. The minimum Gasteiger partial charge on any atom is -0.351 e. The molecule has 4 heteroatoms. The van der Waals surface area contributed by atoms with Gasteiger partial charge in [0.2, 0.25) is 11.8 Å². The molecule has 1 aliphatic rings. The average molecular weight is 282 g/mol. The van der Waals surface area contributed by atoms with E-state index in [1.165, 1.54) is 0 Å². The molecule has 0 aromatic carbocycles. The molecule has 2 atom stereocenters. The van der Waals surface area contributed by atoms with Crippen molar-refractivity contribution in [2.75, 3.05) is 0 Å². The Morgan fingerprint density at radius 1 is 0.750 bits per heavy atom. The second-order valence-corrected chi connectivity index (χ2v) is 8.57. The number of nitrogens with one attached hydrogen (secondary N) is 2. The first-order chi connectivity index (χ1) is 8.71. The van der Waals surface area contributed by atoms with Crippen LogP contribution in [-0.4, -0.2) is 22.9 Å². The zero-order chi connectivity index (χ0) is 16.0. The Hall–Kier alpha value is -1.06. The van der Waals surface area contributed by atoms with E-state index < -0.39 is 10.8 Å². The lowest BCUT2D eigenvalue weighted by molar-refractivity contribution is -0.166. The van der Waals surface area contributed by atoms with Crippen LogP contribution >= 0.6 is 0 Å². The van der Waals surface area contributed by atoms with E-state index in [2.05, 4.69) is 10.6 Å². The zero-order valence-electron chi connectivity index (χ0n) is 14.2. The van der Waals surface area contributed by atoms with Gasteiger partial charge in [-0.1, -0.05) is 0 Å². The first-order valence-corrected chi connectivity index (χ1v) is 7.37. The molecule has 1 fully saturated rings. The van der Waals surface area contributed by atoms with Crippen LogP contribution in [0.15, 0.2) is 0 Å². The third-order valence-electron chi connectivity index (χ3n) is 4.32. The largest absolute Gasteiger partial charge is 0.351 e. The number of amides is 2. The number of hydrogen-bond acceptors (Lipinski definition) is 2. The molecule has 1 rings (SSSR count). The maximum Gasteiger partial charge on any atom is 0.227 e. The van der Waals surface area contributed by atoms with Gasteiger partial charge in [-0.05, 0) is 68.2 Å². The fraction of sp³-hybridized carbons (Fsp3) is 0.875. The molecule has 2 unspecified atom stereocenters. The summed E-state index contributed by atoms with van der Waals surface area (Å²) < 4.78 is 0. The van der Waals surface area contributed by atoms with Crippen LogP contribution in [0.1, 0.15) is 68.2 Å². The van der Waals surface area contributed by atoms with Crippen LogP contribution in [-0.2, 0) is 9.59 Å². The van der Waals surface area contributed by atoms with Crippen LogP contribution in [0.5, 0.6) is 0 Å². The van der Waals surface area contributed by atoms with Crippen molar-refractivity contribution in [1.82, 2.24) is 10.6 Å². The highest BCUT2D eigenvalue weighted by Crippen LogP contribution is 2.57. The van der Waals surface area contributed by atoms with Crippen LogP contribution in [0.4, 0.5) is 0 Å². The molecular formula is C16H30N2O2. The summed E-state index contributed by atoms with van der Waals surface area (Å²) in [6.45, 7) is 15.6. The van der Waals surface area contributed by atoms with Crippen molar-refractivity contribution in [2.24, 2.45) is 10.8 Å². The normalized spacial score (nSPS) is 30.4. The summed E-state index contributed by atoms with van der Waals surface area (Å²) in [4.78, 5) is 25.1. The van der Waals surface area contributed by atoms with Gasteiger partial charge in [0.15, 0.2) is 0 Å². The molecule has 0 radical (unpaired) electrons. The van der Waals surface area contributed by atoms with E-state index in [0.29, 0.717) is 0 Å². The van der Waals surface area contributed by atoms with Crippen molar-refractivity contribution >= 4 is 11.8 Å². The summed E-state index contributed by atoms with van der Waals surface area (Å²) in [5, 5.41) is 6.03. The predicted octanol–water partition coefficient (Wildman–Crippen LogP) is 2.62. The van der Waals surface area contributed by atoms with Gasteiger partial charge in [0.25, 0.3) is 0 Å². The van der Waals surface area contributed by atoms with E-state index in [1.54, 1.807) is 0 Å². The van der Waals surface area contributed by atoms with E-state index in [4.69, 9.17) is 0 Å². The molecule has 20 heavy (non-hydrogen) atoms. The van der Waals surface area contributed by atoms with Gasteiger partial charge in [0, 0.05) is 11.1 Å². The summed E-state index contributed by atoms with van der Waals surface area (Å²) >= 11 is 0. The maximum absolute atomic E-state index is 12.6. The molecule has 0 heterocycles. The highest BCUT2D eigenvalue weighted by atomic mass is 16.2. The highest BCUT2D eigenvalue weighted by molar-refractivity contribution is 5.95. The molecule has 1 aliphatic carbocycles. The fourth-order valence-corrected chi connectivity index (χ4v) is 2.56. The molecule has 0 aromatic rings. The van der Waals surface area contributed by atoms with E-state index in [-0.39, 0.29) is 22.9 Å². The van der Waals surface area contributed by atoms with Crippen molar-refractivity contribution in [3.63, 3.8) is 0 Å². The first-order valence-electron chi connectivity index (χ1n) is 7.37. The number of carbonyl (C=O) groups excluding carboxylic acids is 2. The molecule has 0 spiro atoms. The first kappa shape index (κ1) is 17.0. The van der Waals surface area contributed by atoms with Gasteiger partial charge in [0.1, 0.15) is 0 Å². The number of hydrogen-bond donors (Lipinski definition) is 2. The summed E-state index contributed by atoms with van der Waals surface area (Å²) in [7, 11) is 0. The molecule has 0 aromatic heterocycles. The zero-order valence-corrected chi connectivity index (χ0v) is 14.2. The smallest absolute Gasteiger partial charge is 0.227 e. The molecule has 2 amide bonds. The van der Waals surface area contributed by atoms with Gasteiger partial charge in [-0.2, -0.15) is 0 Å². The van der Waals surface area contributed by atoms with Crippen molar-refractivity contribution in [3.8, 4) is 0 Å². The molecule has 4 nitrogen and oxygen atoms in total. The molecule has 0 aliphatic heterocycles. The third-order valence-corrected chi connectivity index (χ3v) is 4.32. The van der Waals surface area contributed by atoms with Crippen molar-refractivity contribution < 1.29 is 9.59 Å². The van der Waals surface area contributed by atoms with Crippen LogP contribution in [0.25, 0.3) is 0 Å². The van der Waals surface area contributed by atoms with E-state index >= 15 is 0 Å². The monoisotopic (exact) mass is 282 g/mol. The van der Waals surface area contributed by atoms with Crippen LogP contribution < -0.4 is 10.6 Å². The molecule has 116 valence electrons. The summed E-state index contributed by atoms with van der Waals surface area (Å²) in [6.07, 6.45) is 1.51. The second-order valence-electron chi connectivity index (χ2n) is 8.57. The summed E-state index contributed by atoms with van der Waals surface area (Å²) in [5.74, 6) is -0.0504. The van der Waals surface area contributed by atoms with Gasteiger partial charge in [-0.15, -0.1) is 0 Å². The number of rotatable bonds is 2. The summed E-state index contributed by atoms with van der Waals surface area (Å²) in [6, 6.07) is 0. The molecule has 1 saturated carbocycles. The minimum atomic E-state index is -0.629. The van der Waals surface area contributed by atoms with Gasteiger partial charge in [-0.3, -0.25) is 9.59 Å². The Kier molecular flexibility index (Phi) is 4.03. The summed E-state index contributed by atoms with van der Waals surface area (Å²) in [5.41, 5.74) is -1.82. The molecular weight excluding hydrogens is 252 g/mol. The second kappa shape index (κ2) is 4.74. The Balaban J connectivity index is 2.91. The lowest BCUT2D eigenvalue weighted by Crippen LogP contribution is -2.65. The van der Waals surface area contributed by atoms with E-state index in [9.17, 15) is 9.59 Å². The Morgan fingerprint density at radius 3 is 1.15 bits per heavy atom. The average Bonchev–Trinajstić information content (AvgIpc) is 2.20. The highest BCUT2D eigenvalue weighted by Gasteiger charge is 2.62. The third kappa shape index (κ3) is 3.15. The van der Waals surface area contributed by atoms with Crippen molar-refractivity contribution in [1.29, 1.82) is 0 Å². The van der Waals surface area contributed by atoms with Gasteiger partial charge < -0.3 is 10.6 Å². The Bertz CT molecular complexity index is 377. The van der Waals surface area contributed by atoms with Crippen LogP contribution in [0.3, 0.4) is 0 Å². The van der Waals surface area contributed by atoms with Crippen molar-refractivity contribution in [2.45, 2.75) is 79.3 Å². The minimum absolute atomic E-state index is 0.0252. The standard InChI is InChI=1S/C16H30N2O2/c1-13(2,3)17-11(19)15(7)9-10-16(15,8)12(20)18-14(4,5)6/h9-10H2,1-8H3,(H,17,19)(H,18,20). The lowest BCUT2D eigenvalue weighted by Gasteiger charge is -2.54. The molecule has 2 N–H and O–H groups in total. The van der Waals surface area contributed by atoms with E-state index in [0.717, 1.165) is 12.8 Å². The Morgan fingerprint density at radius 2 is 1.00 bits per heavy atom.